The summed E-state index contributed by atoms with van der Waals surface area (Å²) >= 11 is 5.91. The van der Waals surface area contributed by atoms with E-state index in [0.717, 1.165) is 35.2 Å². The highest BCUT2D eigenvalue weighted by Crippen LogP contribution is 2.28. The standard InChI is InChI=1S/C23H33N3S/c1-18-15-21-13-8-14-24-22(21)26(23(18)27)25(16-19-9-4-2-5-10-19)17-20-11-6-3-7-12-20/h8,13-15,19-20H,2-7,9-12,16-17H2,1H3. The Morgan fingerprint density at radius 3 is 2.19 bits per heavy atom. The van der Waals surface area contributed by atoms with E-state index in [1.54, 1.807) is 0 Å². The van der Waals surface area contributed by atoms with Gasteiger partial charge in [0.2, 0.25) is 0 Å². The molecule has 27 heavy (non-hydrogen) atoms. The Morgan fingerprint density at radius 2 is 1.59 bits per heavy atom. The molecule has 4 heteroatoms. The van der Waals surface area contributed by atoms with E-state index in [9.17, 15) is 0 Å². The topological polar surface area (TPSA) is 21.1 Å². The minimum atomic E-state index is 0.795. The maximum Gasteiger partial charge on any atom is 0.159 e. The van der Waals surface area contributed by atoms with Crippen LogP contribution in [0.2, 0.25) is 0 Å². The number of aromatic nitrogens is 2. The zero-order valence-electron chi connectivity index (χ0n) is 16.7. The van der Waals surface area contributed by atoms with Crippen LogP contribution in [0.25, 0.3) is 11.0 Å². The molecular formula is C23H33N3S. The Kier molecular flexibility index (Phi) is 6.11. The first-order valence-corrected chi connectivity index (χ1v) is 11.4. The summed E-state index contributed by atoms with van der Waals surface area (Å²) in [6, 6.07) is 6.39. The third-order valence-electron chi connectivity index (χ3n) is 6.59. The lowest BCUT2D eigenvalue weighted by atomic mass is 9.87. The van der Waals surface area contributed by atoms with Gasteiger partial charge in [0.05, 0.1) is 0 Å². The largest absolute Gasteiger partial charge is 0.309 e. The first-order valence-electron chi connectivity index (χ1n) is 10.9. The minimum Gasteiger partial charge on any atom is -0.309 e. The number of pyridine rings is 2. The maximum absolute atomic E-state index is 5.91. The third kappa shape index (κ3) is 4.37. The molecule has 0 atom stereocenters. The van der Waals surface area contributed by atoms with Crippen molar-refractivity contribution in [2.24, 2.45) is 11.8 Å². The molecule has 3 nitrogen and oxygen atoms in total. The summed E-state index contributed by atoms with van der Waals surface area (Å²) in [6.45, 7) is 4.39. The highest BCUT2D eigenvalue weighted by molar-refractivity contribution is 7.71. The van der Waals surface area contributed by atoms with Crippen molar-refractivity contribution in [1.82, 2.24) is 9.66 Å². The summed E-state index contributed by atoms with van der Waals surface area (Å²) in [5.41, 5.74) is 2.21. The number of hydrogen-bond donors (Lipinski definition) is 0. The number of fused-ring (bicyclic) bond motifs is 1. The Labute approximate surface area is 168 Å². The zero-order chi connectivity index (χ0) is 18.6. The zero-order valence-corrected chi connectivity index (χ0v) is 17.5. The van der Waals surface area contributed by atoms with Crippen molar-refractivity contribution >= 4 is 23.3 Å². The van der Waals surface area contributed by atoms with Crippen LogP contribution in [0.1, 0.15) is 69.8 Å². The van der Waals surface area contributed by atoms with Gasteiger partial charge in [0.15, 0.2) is 5.65 Å². The van der Waals surface area contributed by atoms with Crippen molar-refractivity contribution in [2.75, 3.05) is 18.1 Å². The molecule has 0 unspecified atom stereocenters. The molecule has 2 aromatic rings. The van der Waals surface area contributed by atoms with Crippen LogP contribution < -0.4 is 5.01 Å². The fraction of sp³-hybridized carbons (Fsp3) is 0.652. The smallest absolute Gasteiger partial charge is 0.159 e. The van der Waals surface area contributed by atoms with E-state index in [1.807, 2.05) is 12.3 Å². The van der Waals surface area contributed by atoms with E-state index in [4.69, 9.17) is 17.2 Å². The number of hydrogen-bond acceptors (Lipinski definition) is 3. The molecule has 0 saturated heterocycles. The van der Waals surface area contributed by atoms with Gasteiger partial charge in [-0.15, -0.1) is 0 Å². The van der Waals surface area contributed by atoms with Crippen molar-refractivity contribution in [1.29, 1.82) is 0 Å². The summed E-state index contributed by atoms with van der Waals surface area (Å²) in [6.07, 6.45) is 15.7. The molecule has 4 rings (SSSR count). The van der Waals surface area contributed by atoms with Gasteiger partial charge >= 0.3 is 0 Å². The van der Waals surface area contributed by atoms with E-state index >= 15 is 0 Å². The van der Waals surface area contributed by atoms with Crippen molar-refractivity contribution in [3.63, 3.8) is 0 Å². The average Bonchev–Trinajstić information content (AvgIpc) is 2.70. The predicted molar refractivity (Wildman–Crippen MR) is 116 cm³/mol. The normalized spacial score (nSPS) is 19.4. The van der Waals surface area contributed by atoms with Gasteiger partial charge in [-0.1, -0.05) is 50.7 Å². The molecule has 0 N–H and O–H groups in total. The van der Waals surface area contributed by atoms with E-state index in [0.29, 0.717) is 0 Å². The van der Waals surface area contributed by atoms with Crippen molar-refractivity contribution < 1.29 is 0 Å². The molecule has 0 aromatic carbocycles. The van der Waals surface area contributed by atoms with Crippen LogP contribution in [-0.2, 0) is 0 Å². The first-order chi connectivity index (χ1) is 13.2. The van der Waals surface area contributed by atoms with E-state index < -0.39 is 0 Å². The first kappa shape index (κ1) is 18.9. The van der Waals surface area contributed by atoms with E-state index in [1.165, 1.54) is 75.2 Å². The molecule has 2 fully saturated rings. The molecule has 2 aliphatic carbocycles. The lowest BCUT2D eigenvalue weighted by Crippen LogP contribution is -2.44. The summed E-state index contributed by atoms with van der Waals surface area (Å²) < 4.78 is 3.23. The van der Waals surface area contributed by atoms with Crippen LogP contribution in [0.3, 0.4) is 0 Å². The number of rotatable bonds is 5. The molecule has 146 valence electrons. The predicted octanol–water partition coefficient (Wildman–Crippen LogP) is 6.17. The molecule has 2 aromatic heterocycles. The van der Waals surface area contributed by atoms with Gasteiger partial charge in [0.1, 0.15) is 4.64 Å². The molecule has 0 bridgehead atoms. The van der Waals surface area contributed by atoms with Crippen LogP contribution >= 0.6 is 12.2 Å². The average molecular weight is 384 g/mol. The SMILES string of the molecule is Cc1cc2cccnc2n(N(CC2CCCCC2)CC2CCCCC2)c1=S. The van der Waals surface area contributed by atoms with Crippen LogP contribution in [0.15, 0.2) is 24.4 Å². The molecule has 0 radical (unpaired) electrons. The van der Waals surface area contributed by atoms with Crippen molar-refractivity contribution in [3.05, 3.63) is 34.6 Å². The Balaban J connectivity index is 1.71. The second-order valence-electron chi connectivity index (χ2n) is 8.74. The fourth-order valence-corrected chi connectivity index (χ4v) is 5.35. The van der Waals surface area contributed by atoms with Crippen LogP contribution in [-0.4, -0.2) is 22.7 Å². The molecular weight excluding hydrogens is 350 g/mol. The number of nitrogens with zero attached hydrogens (tertiary/aromatic N) is 3. The fourth-order valence-electron chi connectivity index (χ4n) is 5.09. The van der Waals surface area contributed by atoms with Crippen molar-refractivity contribution in [2.45, 2.75) is 71.1 Å². The molecule has 0 aliphatic heterocycles. The summed E-state index contributed by atoms with van der Waals surface area (Å²) in [4.78, 5) is 4.74. The quantitative estimate of drug-likeness (QED) is 0.576. The van der Waals surface area contributed by atoms with Gasteiger partial charge in [-0.2, -0.15) is 0 Å². The van der Waals surface area contributed by atoms with Crippen LogP contribution in [0.5, 0.6) is 0 Å². The Hall–Kier alpha value is -1.42. The summed E-state index contributed by atoms with van der Waals surface area (Å²) in [5.74, 6) is 1.59. The number of aryl methyl sites for hydroxylation is 1. The molecule has 2 saturated carbocycles. The lowest BCUT2D eigenvalue weighted by Gasteiger charge is -2.37. The van der Waals surface area contributed by atoms with Gasteiger partial charge in [-0.25, -0.2) is 9.66 Å². The second-order valence-corrected chi connectivity index (χ2v) is 9.13. The Morgan fingerprint density at radius 1 is 1.00 bits per heavy atom. The second kappa shape index (κ2) is 8.72. The molecule has 2 aliphatic rings. The molecule has 0 amide bonds. The molecule has 0 spiro atoms. The van der Waals surface area contributed by atoms with Gasteiger partial charge in [-0.05, 0) is 68.2 Å². The van der Waals surface area contributed by atoms with Gasteiger partial charge in [0, 0.05) is 24.7 Å². The highest BCUT2D eigenvalue weighted by atomic mass is 32.1. The van der Waals surface area contributed by atoms with Crippen LogP contribution in [0, 0.1) is 23.4 Å². The van der Waals surface area contributed by atoms with Gasteiger partial charge < -0.3 is 5.01 Å². The minimum absolute atomic E-state index is 0.795. The molecule has 2 heterocycles. The van der Waals surface area contributed by atoms with Gasteiger partial charge in [0.25, 0.3) is 0 Å². The monoisotopic (exact) mass is 383 g/mol. The van der Waals surface area contributed by atoms with Crippen LogP contribution in [0.4, 0.5) is 0 Å². The Bertz CT molecular complexity index is 796. The maximum atomic E-state index is 5.91. The highest BCUT2D eigenvalue weighted by Gasteiger charge is 2.23. The van der Waals surface area contributed by atoms with E-state index in [-0.39, 0.29) is 0 Å². The lowest BCUT2D eigenvalue weighted by molar-refractivity contribution is 0.301. The van der Waals surface area contributed by atoms with Crippen molar-refractivity contribution in [3.8, 4) is 0 Å². The third-order valence-corrected chi connectivity index (χ3v) is 7.08. The summed E-state index contributed by atoms with van der Waals surface area (Å²) in [7, 11) is 0. The van der Waals surface area contributed by atoms with Gasteiger partial charge in [-0.3, -0.25) is 0 Å². The van der Waals surface area contributed by atoms with E-state index in [2.05, 4.69) is 28.7 Å². The summed E-state index contributed by atoms with van der Waals surface area (Å²) in [5, 5.41) is 3.78.